The second-order valence-corrected chi connectivity index (χ2v) is 8.27. The van der Waals surface area contributed by atoms with Crippen molar-refractivity contribution in [2.45, 2.75) is 51.8 Å². The largest absolute Gasteiger partial charge is 0.444 e. The van der Waals surface area contributed by atoms with Gasteiger partial charge in [-0.1, -0.05) is 30.3 Å². The molecule has 7 nitrogen and oxygen atoms in total. The fraction of sp³-hybridized carbons (Fsp3) is 0.619. The molecule has 0 spiro atoms. The highest BCUT2D eigenvalue weighted by atomic mass is 16.6. The molecule has 28 heavy (non-hydrogen) atoms. The number of aliphatic hydroxyl groups is 1. The van der Waals surface area contributed by atoms with Crippen molar-refractivity contribution < 1.29 is 19.4 Å². The summed E-state index contributed by atoms with van der Waals surface area (Å²) in [4.78, 5) is 29.1. The molecule has 2 N–H and O–H groups in total. The molecule has 1 heterocycles. The Balaban J connectivity index is 2.06. The van der Waals surface area contributed by atoms with Crippen LogP contribution in [0.1, 0.15) is 33.3 Å². The Morgan fingerprint density at radius 1 is 1.25 bits per heavy atom. The molecule has 0 bridgehead atoms. The smallest absolute Gasteiger partial charge is 0.408 e. The van der Waals surface area contributed by atoms with E-state index in [-0.39, 0.29) is 18.6 Å². The molecule has 2 rings (SSSR count). The Bertz CT molecular complexity index is 645. The number of nitrogens with zero attached hydrogens (tertiary/aromatic N) is 2. The third-order valence-electron chi connectivity index (χ3n) is 4.68. The third kappa shape index (κ3) is 6.80. The molecule has 2 atom stereocenters. The van der Waals surface area contributed by atoms with Crippen molar-refractivity contribution in [2.75, 3.05) is 32.8 Å². The van der Waals surface area contributed by atoms with Crippen molar-refractivity contribution in [1.29, 1.82) is 0 Å². The van der Waals surface area contributed by atoms with E-state index in [9.17, 15) is 14.7 Å². The average Bonchev–Trinajstić information content (AvgIpc) is 2.61. The number of β-amino-alcohol motifs (C(OH)–C–C–N with tert-alkyl or cyclic N) is 1. The number of nitrogens with one attached hydrogen (secondary N) is 1. The van der Waals surface area contributed by atoms with Gasteiger partial charge in [-0.05, 0) is 39.7 Å². The standard InChI is InChI=1S/C21H33N3O4/c1-16(22-20(27)28-21(2,3)4)19(26)24-11-10-23(12-13-25)15-18(24)14-17-8-6-5-7-9-17/h5-9,16,18,25H,10-15H2,1-4H3,(H,22,27)/t16-,18-/m1/s1. The van der Waals surface area contributed by atoms with Crippen molar-refractivity contribution in [2.24, 2.45) is 0 Å². The molecule has 0 aliphatic carbocycles. The van der Waals surface area contributed by atoms with Gasteiger partial charge in [0.05, 0.1) is 6.61 Å². The van der Waals surface area contributed by atoms with Crippen LogP contribution in [-0.4, -0.2) is 77.4 Å². The van der Waals surface area contributed by atoms with E-state index in [1.165, 1.54) is 0 Å². The summed E-state index contributed by atoms with van der Waals surface area (Å²) in [7, 11) is 0. The van der Waals surface area contributed by atoms with Gasteiger partial charge in [0.1, 0.15) is 11.6 Å². The summed E-state index contributed by atoms with van der Waals surface area (Å²) in [6.45, 7) is 9.71. The van der Waals surface area contributed by atoms with Crippen LogP contribution in [-0.2, 0) is 16.0 Å². The highest BCUT2D eigenvalue weighted by Crippen LogP contribution is 2.17. The molecule has 1 aliphatic rings. The predicted molar refractivity (Wildman–Crippen MR) is 108 cm³/mol. The maximum atomic E-state index is 13.1. The van der Waals surface area contributed by atoms with E-state index in [4.69, 9.17) is 4.74 Å². The molecule has 7 heteroatoms. The molecule has 156 valence electrons. The number of hydrogen-bond acceptors (Lipinski definition) is 5. The topological polar surface area (TPSA) is 82.1 Å². The number of ether oxygens (including phenoxy) is 1. The van der Waals surface area contributed by atoms with Gasteiger partial charge in [0.15, 0.2) is 0 Å². The molecular weight excluding hydrogens is 358 g/mol. The summed E-state index contributed by atoms with van der Waals surface area (Å²) in [5, 5.41) is 11.9. The Hall–Kier alpha value is -2.12. The van der Waals surface area contributed by atoms with Gasteiger partial charge >= 0.3 is 6.09 Å². The third-order valence-corrected chi connectivity index (χ3v) is 4.68. The van der Waals surface area contributed by atoms with Gasteiger partial charge in [0.25, 0.3) is 0 Å². The zero-order chi connectivity index (χ0) is 20.7. The Morgan fingerprint density at radius 3 is 2.54 bits per heavy atom. The number of hydrogen-bond donors (Lipinski definition) is 2. The lowest BCUT2D eigenvalue weighted by Crippen LogP contribution is -2.60. The molecule has 0 saturated carbocycles. The number of benzene rings is 1. The van der Waals surface area contributed by atoms with E-state index < -0.39 is 17.7 Å². The van der Waals surface area contributed by atoms with Crippen LogP contribution in [0.4, 0.5) is 4.79 Å². The molecule has 1 fully saturated rings. The van der Waals surface area contributed by atoms with Crippen molar-refractivity contribution in [1.82, 2.24) is 15.1 Å². The SMILES string of the molecule is C[C@@H](NC(=O)OC(C)(C)C)C(=O)N1CCN(CCO)C[C@H]1Cc1ccccc1. The van der Waals surface area contributed by atoms with Crippen LogP contribution in [0.3, 0.4) is 0 Å². The lowest BCUT2D eigenvalue weighted by molar-refractivity contribution is -0.138. The normalized spacial score (nSPS) is 19.2. The Morgan fingerprint density at radius 2 is 1.93 bits per heavy atom. The van der Waals surface area contributed by atoms with E-state index in [1.807, 2.05) is 23.1 Å². The summed E-state index contributed by atoms with van der Waals surface area (Å²) in [6.07, 6.45) is 0.139. The van der Waals surface area contributed by atoms with Crippen molar-refractivity contribution in [3.63, 3.8) is 0 Å². The second-order valence-electron chi connectivity index (χ2n) is 8.27. The van der Waals surface area contributed by atoms with Gasteiger partial charge in [-0.2, -0.15) is 0 Å². The molecule has 1 aliphatic heterocycles. The number of carbonyl (C=O) groups excluding carboxylic acids is 2. The van der Waals surface area contributed by atoms with E-state index in [2.05, 4.69) is 22.3 Å². The van der Waals surface area contributed by atoms with Crippen LogP contribution in [0.5, 0.6) is 0 Å². The van der Waals surface area contributed by atoms with E-state index in [1.54, 1.807) is 27.7 Å². The van der Waals surface area contributed by atoms with Gasteiger partial charge in [0.2, 0.25) is 5.91 Å². The van der Waals surface area contributed by atoms with Crippen LogP contribution in [0.25, 0.3) is 0 Å². The molecule has 1 saturated heterocycles. The van der Waals surface area contributed by atoms with Gasteiger partial charge in [-0.15, -0.1) is 0 Å². The zero-order valence-electron chi connectivity index (χ0n) is 17.4. The maximum absolute atomic E-state index is 13.1. The highest BCUT2D eigenvalue weighted by Gasteiger charge is 2.33. The number of aliphatic hydroxyl groups excluding tert-OH is 1. The van der Waals surface area contributed by atoms with Gasteiger partial charge in [0, 0.05) is 32.2 Å². The van der Waals surface area contributed by atoms with Gasteiger partial charge in [-0.25, -0.2) is 4.79 Å². The summed E-state index contributed by atoms with van der Waals surface area (Å²) in [6, 6.07) is 9.37. The fourth-order valence-corrected chi connectivity index (χ4v) is 3.41. The highest BCUT2D eigenvalue weighted by molar-refractivity contribution is 5.85. The maximum Gasteiger partial charge on any atom is 0.408 e. The number of alkyl carbamates (subject to hydrolysis) is 1. The fourth-order valence-electron chi connectivity index (χ4n) is 3.41. The Labute approximate surface area is 167 Å². The lowest BCUT2D eigenvalue weighted by Gasteiger charge is -2.42. The average molecular weight is 392 g/mol. The quantitative estimate of drug-likeness (QED) is 0.771. The number of piperazine rings is 1. The number of carbonyl (C=O) groups is 2. The molecule has 1 aromatic carbocycles. The first-order chi connectivity index (χ1) is 13.2. The van der Waals surface area contributed by atoms with E-state index >= 15 is 0 Å². The monoisotopic (exact) mass is 391 g/mol. The van der Waals surface area contributed by atoms with Crippen LogP contribution in [0.15, 0.2) is 30.3 Å². The van der Waals surface area contributed by atoms with Gasteiger partial charge < -0.3 is 20.1 Å². The van der Waals surface area contributed by atoms with Crippen molar-refractivity contribution >= 4 is 12.0 Å². The zero-order valence-corrected chi connectivity index (χ0v) is 17.4. The minimum absolute atomic E-state index is 0.0157. The van der Waals surface area contributed by atoms with Crippen molar-refractivity contribution in [3.05, 3.63) is 35.9 Å². The minimum Gasteiger partial charge on any atom is -0.444 e. The first-order valence-corrected chi connectivity index (χ1v) is 9.86. The Kier molecular flexibility index (Phi) is 7.83. The lowest BCUT2D eigenvalue weighted by atomic mass is 10.0. The first-order valence-electron chi connectivity index (χ1n) is 9.86. The summed E-state index contributed by atoms with van der Waals surface area (Å²) < 4.78 is 5.26. The molecule has 0 unspecified atom stereocenters. The van der Waals surface area contributed by atoms with E-state index in [0.29, 0.717) is 26.2 Å². The van der Waals surface area contributed by atoms with Crippen LogP contribution >= 0.6 is 0 Å². The molecule has 2 amide bonds. The molecule has 1 aromatic rings. The summed E-state index contributed by atoms with van der Waals surface area (Å²) >= 11 is 0. The first kappa shape index (κ1) is 22.2. The number of rotatable bonds is 6. The van der Waals surface area contributed by atoms with Gasteiger partial charge in [-0.3, -0.25) is 9.69 Å². The van der Waals surface area contributed by atoms with E-state index in [0.717, 1.165) is 12.0 Å². The molecular formula is C21H33N3O4. The van der Waals surface area contributed by atoms with Crippen LogP contribution in [0, 0.1) is 0 Å². The van der Waals surface area contributed by atoms with Crippen molar-refractivity contribution in [3.8, 4) is 0 Å². The van der Waals surface area contributed by atoms with Crippen LogP contribution in [0.2, 0.25) is 0 Å². The molecule has 0 aromatic heterocycles. The summed E-state index contributed by atoms with van der Waals surface area (Å²) in [5.41, 5.74) is 0.544. The molecule has 0 radical (unpaired) electrons. The van der Waals surface area contributed by atoms with Crippen LogP contribution < -0.4 is 5.32 Å². The second kappa shape index (κ2) is 9.89. The minimum atomic E-state index is -0.669. The predicted octanol–water partition coefficient (Wildman–Crippen LogP) is 1.65. The summed E-state index contributed by atoms with van der Waals surface area (Å²) in [5.74, 6) is -0.115. The number of amides is 2.